The van der Waals surface area contributed by atoms with Crippen molar-refractivity contribution in [2.75, 3.05) is 50.6 Å². The molecule has 1 aliphatic rings. The van der Waals surface area contributed by atoms with Gasteiger partial charge in [0.25, 0.3) is 5.91 Å². The molecule has 38 heavy (non-hydrogen) atoms. The van der Waals surface area contributed by atoms with Gasteiger partial charge in [-0.25, -0.2) is 4.98 Å². The molecule has 0 aliphatic carbocycles. The molecule has 0 radical (unpaired) electrons. The van der Waals surface area contributed by atoms with Crippen molar-refractivity contribution in [2.45, 2.75) is 13.8 Å². The molecule has 1 aromatic heterocycles. The summed E-state index contributed by atoms with van der Waals surface area (Å²) < 4.78 is 5.59. The van der Waals surface area contributed by atoms with Crippen LogP contribution in [-0.2, 0) is 0 Å². The smallest absolute Gasteiger partial charge is 0.255 e. The first-order valence-corrected chi connectivity index (χ1v) is 12.4. The van der Waals surface area contributed by atoms with Crippen molar-refractivity contribution in [3.05, 3.63) is 77.6 Å². The highest BCUT2D eigenvalue weighted by molar-refractivity contribution is 6.04. The van der Waals surface area contributed by atoms with Crippen molar-refractivity contribution in [1.29, 1.82) is 0 Å². The number of H-pyrrole nitrogens is 1. The Balaban J connectivity index is 0.00000336. The van der Waals surface area contributed by atoms with E-state index in [0.29, 0.717) is 11.4 Å². The van der Waals surface area contributed by atoms with Gasteiger partial charge in [-0.15, -0.1) is 12.4 Å². The van der Waals surface area contributed by atoms with Crippen molar-refractivity contribution in [3.8, 4) is 28.3 Å². The topological polar surface area (TPSA) is 86.4 Å². The van der Waals surface area contributed by atoms with Gasteiger partial charge in [0.15, 0.2) is 5.82 Å². The number of carbonyl (C=O) groups is 1. The van der Waals surface area contributed by atoms with Gasteiger partial charge in [-0.2, -0.15) is 5.10 Å². The quantitative estimate of drug-likeness (QED) is 0.355. The van der Waals surface area contributed by atoms with Crippen LogP contribution in [0, 0.1) is 13.8 Å². The molecule has 1 aliphatic heterocycles. The Hall–Kier alpha value is -3.88. The summed E-state index contributed by atoms with van der Waals surface area (Å²) in [5, 5.41) is 10.2. The third-order valence-corrected chi connectivity index (χ3v) is 6.82. The Kier molecular flexibility index (Phi) is 8.34. The second-order valence-electron chi connectivity index (χ2n) is 9.48. The first-order chi connectivity index (χ1) is 17.9. The van der Waals surface area contributed by atoms with Gasteiger partial charge in [0.05, 0.1) is 12.8 Å². The lowest BCUT2D eigenvalue weighted by Crippen LogP contribution is -2.44. The van der Waals surface area contributed by atoms with Crippen LogP contribution in [0.5, 0.6) is 5.75 Å². The largest absolute Gasteiger partial charge is 0.495 e. The summed E-state index contributed by atoms with van der Waals surface area (Å²) in [5.74, 6) is 2.14. The minimum Gasteiger partial charge on any atom is -0.495 e. The van der Waals surface area contributed by atoms with Crippen LogP contribution in [0.4, 0.5) is 11.4 Å². The number of methoxy groups -OCH3 is 1. The van der Waals surface area contributed by atoms with Crippen LogP contribution in [0.1, 0.15) is 21.7 Å². The Morgan fingerprint density at radius 1 is 0.947 bits per heavy atom. The summed E-state index contributed by atoms with van der Waals surface area (Å²) in [4.78, 5) is 22.1. The van der Waals surface area contributed by atoms with Crippen LogP contribution < -0.4 is 15.0 Å². The molecule has 0 unspecified atom stereocenters. The number of benzene rings is 3. The molecule has 2 heterocycles. The van der Waals surface area contributed by atoms with Gasteiger partial charge in [0.2, 0.25) is 0 Å². The number of hydrogen-bond donors (Lipinski definition) is 2. The van der Waals surface area contributed by atoms with E-state index in [2.05, 4.69) is 56.4 Å². The van der Waals surface area contributed by atoms with Gasteiger partial charge in [0.1, 0.15) is 11.6 Å². The fourth-order valence-electron chi connectivity index (χ4n) is 4.67. The number of ether oxygens (including phenoxy) is 1. The Morgan fingerprint density at radius 2 is 1.66 bits per heavy atom. The van der Waals surface area contributed by atoms with E-state index in [1.807, 2.05) is 55.5 Å². The maximum absolute atomic E-state index is 13.0. The molecule has 0 saturated carbocycles. The Morgan fingerprint density at radius 3 is 2.29 bits per heavy atom. The molecule has 5 rings (SSSR count). The number of anilines is 2. The molecule has 8 nitrogen and oxygen atoms in total. The second kappa shape index (κ2) is 11.7. The van der Waals surface area contributed by atoms with Gasteiger partial charge < -0.3 is 19.9 Å². The zero-order valence-electron chi connectivity index (χ0n) is 22.1. The van der Waals surface area contributed by atoms with Crippen LogP contribution in [0.15, 0.2) is 60.7 Å². The van der Waals surface area contributed by atoms with Gasteiger partial charge in [0, 0.05) is 43.0 Å². The maximum Gasteiger partial charge on any atom is 0.255 e. The van der Waals surface area contributed by atoms with Crippen LogP contribution in [0.3, 0.4) is 0 Å². The molecule has 1 saturated heterocycles. The summed E-state index contributed by atoms with van der Waals surface area (Å²) in [5.41, 5.74) is 6.60. The number of aromatic amines is 1. The fourth-order valence-corrected chi connectivity index (χ4v) is 4.67. The van der Waals surface area contributed by atoms with Crippen LogP contribution in [0.2, 0.25) is 0 Å². The lowest BCUT2D eigenvalue weighted by molar-refractivity contribution is 0.102. The number of nitrogens with zero attached hydrogens (tertiary/aromatic N) is 4. The minimum absolute atomic E-state index is 0. The summed E-state index contributed by atoms with van der Waals surface area (Å²) in [6, 6.07) is 19.7. The van der Waals surface area contributed by atoms with Gasteiger partial charge in [-0.3, -0.25) is 9.89 Å². The SMILES string of the molecule is COc1ccc(NC(=O)c2ccc(-c3ccc(-c4n[nH]c(C)n4)cc3C)cc2)cc1N1CCN(C)CC1.Cl. The van der Waals surface area contributed by atoms with E-state index < -0.39 is 0 Å². The molecule has 1 amide bonds. The van der Waals surface area contributed by atoms with Gasteiger partial charge in [-0.05, 0) is 74.0 Å². The number of likely N-dealkylation sites (N-methyl/N-ethyl adjacent to an activating group) is 1. The zero-order chi connectivity index (χ0) is 25.9. The summed E-state index contributed by atoms with van der Waals surface area (Å²) in [6.07, 6.45) is 0. The number of halogens is 1. The van der Waals surface area contributed by atoms with Crippen LogP contribution in [0.25, 0.3) is 22.5 Å². The molecular weight excluding hydrogens is 500 g/mol. The summed E-state index contributed by atoms with van der Waals surface area (Å²) in [7, 11) is 3.81. The predicted octanol–water partition coefficient (Wildman–Crippen LogP) is 5.19. The van der Waals surface area contributed by atoms with E-state index in [1.165, 1.54) is 0 Å². The van der Waals surface area contributed by atoms with E-state index >= 15 is 0 Å². The summed E-state index contributed by atoms with van der Waals surface area (Å²) in [6.45, 7) is 7.78. The summed E-state index contributed by atoms with van der Waals surface area (Å²) >= 11 is 0. The highest BCUT2D eigenvalue weighted by atomic mass is 35.5. The number of rotatable bonds is 6. The first kappa shape index (κ1) is 27.2. The molecule has 0 spiro atoms. The van der Waals surface area contributed by atoms with E-state index in [0.717, 1.165) is 71.4 Å². The lowest BCUT2D eigenvalue weighted by atomic mass is 9.97. The average Bonchev–Trinajstić information content (AvgIpc) is 3.35. The van der Waals surface area contributed by atoms with Crippen molar-refractivity contribution in [2.24, 2.45) is 0 Å². The van der Waals surface area contributed by atoms with Crippen molar-refractivity contribution in [1.82, 2.24) is 20.1 Å². The third-order valence-electron chi connectivity index (χ3n) is 6.82. The van der Waals surface area contributed by atoms with Crippen molar-refractivity contribution >= 4 is 29.7 Å². The molecule has 1 fully saturated rings. The molecular formula is C29H33ClN6O2. The Labute approximate surface area is 229 Å². The predicted molar refractivity (Wildman–Crippen MR) is 155 cm³/mol. The number of carbonyl (C=O) groups excluding carboxylic acids is 1. The number of aryl methyl sites for hydroxylation is 2. The minimum atomic E-state index is -0.145. The average molecular weight is 533 g/mol. The van der Waals surface area contributed by atoms with E-state index in [1.54, 1.807) is 7.11 Å². The molecule has 198 valence electrons. The molecule has 9 heteroatoms. The fraction of sp³-hybridized carbons (Fsp3) is 0.276. The van der Waals surface area contributed by atoms with Crippen LogP contribution in [-0.4, -0.2) is 66.3 Å². The van der Waals surface area contributed by atoms with Crippen LogP contribution >= 0.6 is 12.4 Å². The van der Waals surface area contributed by atoms with Crippen molar-refractivity contribution < 1.29 is 9.53 Å². The normalized spacial score (nSPS) is 13.6. The highest BCUT2D eigenvalue weighted by Crippen LogP contribution is 2.32. The second-order valence-corrected chi connectivity index (χ2v) is 9.48. The molecule has 2 N–H and O–H groups in total. The Bertz CT molecular complexity index is 1410. The standard InChI is InChI=1S/C29H32N6O2.ClH/c1-19-17-23(28-30-20(2)32-33-28)9-11-25(19)21-5-7-22(8-6-21)29(36)31-24-10-12-27(37-4)26(18-24)35-15-13-34(3)14-16-35;/h5-12,17-18H,13-16H2,1-4H3,(H,31,36)(H,30,32,33);1H. The van der Waals surface area contributed by atoms with E-state index in [4.69, 9.17) is 4.74 Å². The maximum atomic E-state index is 13.0. The molecule has 0 atom stereocenters. The third kappa shape index (κ3) is 5.82. The lowest BCUT2D eigenvalue weighted by Gasteiger charge is -2.34. The van der Waals surface area contributed by atoms with Crippen molar-refractivity contribution in [3.63, 3.8) is 0 Å². The van der Waals surface area contributed by atoms with Gasteiger partial charge in [-0.1, -0.05) is 24.3 Å². The first-order valence-electron chi connectivity index (χ1n) is 12.4. The molecule has 0 bridgehead atoms. The number of amides is 1. The monoisotopic (exact) mass is 532 g/mol. The number of aromatic nitrogens is 3. The number of nitrogens with one attached hydrogen (secondary N) is 2. The zero-order valence-corrected chi connectivity index (χ0v) is 22.9. The molecule has 3 aromatic carbocycles. The molecule has 4 aromatic rings. The van der Waals surface area contributed by atoms with E-state index in [-0.39, 0.29) is 18.3 Å². The van der Waals surface area contributed by atoms with E-state index in [9.17, 15) is 4.79 Å². The highest BCUT2D eigenvalue weighted by Gasteiger charge is 2.19. The number of piperazine rings is 1. The number of hydrogen-bond acceptors (Lipinski definition) is 6. The van der Waals surface area contributed by atoms with Gasteiger partial charge >= 0.3 is 0 Å².